The number of ether oxygens (including phenoxy) is 2. The largest absolute Gasteiger partial charge is 0.507 e. The van der Waals surface area contributed by atoms with E-state index in [4.69, 9.17) is 9.47 Å². The van der Waals surface area contributed by atoms with E-state index in [2.05, 4.69) is 0 Å². The molecule has 0 unspecified atom stereocenters. The Hall–Kier alpha value is -4.04. The van der Waals surface area contributed by atoms with Gasteiger partial charge in [0.25, 0.3) is 0 Å². The molecule has 0 saturated carbocycles. The fraction of sp³-hybridized carbons (Fsp3) is 0.273. The van der Waals surface area contributed by atoms with Crippen LogP contribution in [0.4, 0.5) is 0 Å². The second-order valence-corrected chi connectivity index (χ2v) is 7.99. The van der Waals surface area contributed by atoms with Gasteiger partial charge in [-0.15, -0.1) is 0 Å². The molecule has 0 aromatic heterocycles. The minimum Gasteiger partial charge on any atom is -0.507 e. The van der Waals surface area contributed by atoms with E-state index in [9.17, 15) is 55.5 Å². The SMILES string of the molecule is O=C1C(O[C@@H]2O[C@H](C(=O)O)[C@H](O)[C@H](O)[C@H]2O)=C(c2ccc(O)c(O)c2)Cc2c(O)c(O)cc(O)c21. The first-order chi connectivity index (χ1) is 16.4. The molecule has 0 radical (unpaired) electrons. The van der Waals surface area contributed by atoms with E-state index in [0.717, 1.165) is 12.1 Å². The molecule has 1 aliphatic heterocycles. The molecule has 35 heavy (non-hydrogen) atoms. The van der Waals surface area contributed by atoms with Gasteiger partial charge in [-0.25, -0.2) is 4.79 Å². The van der Waals surface area contributed by atoms with Crippen molar-refractivity contribution < 1.29 is 65.0 Å². The number of aliphatic hydroxyl groups is 3. The number of rotatable bonds is 4. The normalized spacial score (nSPS) is 26.4. The number of phenolic OH excluding ortho intramolecular Hbond substituents is 5. The summed E-state index contributed by atoms with van der Waals surface area (Å²) in [7, 11) is 0. The Labute approximate surface area is 195 Å². The average Bonchev–Trinajstić information content (AvgIpc) is 2.80. The van der Waals surface area contributed by atoms with Crippen LogP contribution in [0.1, 0.15) is 21.5 Å². The summed E-state index contributed by atoms with van der Waals surface area (Å²) in [5, 5.41) is 89.5. The average molecular weight is 492 g/mol. The van der Waals surface area contributed by atoms with Crippen molar-refractivity contribution in [2.75, 3.05) is 0 Å². The Morgan fingerprint density at radius 2 is 1.57 bits per heavy atom. The van der Waals surface area contributed by atoms with Gasteiger partial charge in [-0.3, -0.25) is 4.79 Å². The zero-order valence-corrected chi connectivity index (χ0v) is 17.6. The molecule has 1 saturated heterocycles. The van der Waals surface area contributed by atoms with Gasteiger partial charge in [0.15, 0.2) is 34.9 Å². The van der Waals surface area contributed by atoms with Crippen LogP contribution in [0.25, 0.3) is 5.57 Å². The van der Waals surface area contributed by atoms with Gasteiger partial charge in [-0.05, 0) is 17.7 Å². The summed E-state index contributed by atoms with van der Waals surface area (Å²) >= 11 is 0. The predicted molar refractivity (Wildman–Crippen MR) is 112 cm³/mol. The maximum atomic E-state index is 13.4. The molecule has 9 N–H and O–H groups in total. The van der Waals surface area contributed by atoms with Gasteiger partial charge in [0.1, 0.15) is 24.1 Å². The summed E-state index contributed by atoms with van der Waals surface area (Å²) in [6, 6.07) is 4.11. The Morgan fingerprint density at radius 1 is 0.886 bits per heavy atom. The third-order valence-electron chi connectivity index (χ3n) is 5.79. The summed E-state index contributed by atoms with van der Waals surface area (Å²) in [6.45, 7) is 0. The van der Waals surface area contributed by atoms with Gasteiger partial charge >= 0.3 is 5.97 Å². The quantitative estimate of drug-likeness (QED) is 0.189. The number of aliphatic hydroxyl groups excluding tert-OH is 3. The van der Waals surface area contributed by atoms with Crippen molar-refractivity contribution in [2.45, 2.75) is 37.1 Å². The highest BCUT2D eigenvalue weighted by Crippen LogP contribution is 2.46. The molecule has 0 spiro atoms. The molecule has 1 aliphatic carbocycles. The smallest absolute Gasteiger partial charge is 0.335 e. The van der Waals surface area contributed by atoms with Crippen molar-refractivity contribution in [3.05, 3.63) is 46.7 Å². The molecule has 186 valence electrons. The third kappa shape index (κ3) is 3.95. The lowest BCUT2D eigenvalue weighted by atomic mass is 9.84. The van der Waals surface area contributed by atoms with E-state index in [1.54, 1.807) is 0 Å². The molecule has 2 aromatic rings. The van der Waals surface area contributed by atoms with Crippen molar-refractivity contribution in [2.24, 2.45) is 0 Å². The van der Waals surface area contributed by atoms with Gasteiger partial charge in [-0.1, -0.05) is 6.07 Å². The summed E-state index contributed by atoms with van der Waals surface area (Å²) in [5.74, 6) is -6.64. The molecule has 1 heterocycles. The van der Waals surface area contributed by atoms with Crippen molar-refractivity contribution in [1.82, 2.24) is 0 Å². The standard InChI is InChI=1S/C22H20O13/c23-9-2-1-6(3-10(9)24)7-4-8-13(11(25)5-12(26)14(8)27)15(28)19(7)34-22-18(31)16(29)17(30)20(35-22)21(32)33/h1-3,5,16-18,20,22-27,29-31H,4H2,(H,32,33)/t16-,17+,18+,20-,22+/m0/s1. The fourth-order valence-corrected chi connectivity index (χ4v) is 3.97. The number of aromatic hydroxyl groups is 5. The first-order valence-electron chi connectivity index (χ1n) is 10.1. The summed E-state index contributed by atoms with van der Waals surface area (Å²) < 4.78 is 10.6. The Kier molecular flexibility index (Phi) is 5.94. The number of hydrogen-bond donors (Lipinski definition) is 9. The number of aliphatic carboxylic acids is 1. The molecule has 0 amide bonds. The first-order valence-corrected chi connectivity index (χ1v) is 10.1. The van der Waals surface area contributed by atoms with Crippen molar-refractivity contribution in [3.63, 3.8) is 0 Å². The number of carboxylic acids is 1. The number of allylic oxidation sites excluding steroid dienone is 2. The van der Waals surface area contributed by atoms with Gasteiger partial charge in [-0.2, -0.15) is 0 Å². The van der Waals surface area contributed by atoms with Crippen molar-refractivity contribution >= 4 is 17.3 Å². The fourth-order valence-electron chi connectivity index (χ4n) is 3.97. The molecule has 2 aromatic carbocycles. The van der Waals surface area contributed by atoms with E-state index >= 15 is 0 Å². The van der Waals surface area contributed by atoms with Crippen LogP contribution in [-0.2, 0) is 20.7 Å². The zero-order valence-electron chi connectivity index (χ0n) is 17.6. The lowest BCUT2D eigenvalue weighted by Crippen LogP contribution is -2.60. The Balaban J connectivity index is 1.86. The first kappa shape index (κ1) is 24.1. The van der Waals surface area contributed by atoms with E-state index in [1.807, 2.05) is 0 Å². The number of carbonyl (C=O) groups is 2. The number of carboxylic acid groups (broad SMARTS) is 1. The van der Waals surface area contributed by atoms with Crippen LogP contribution in [0.2, 0.25) is 0 Å². The number of hydrogen-bond acceptors (Lipinski definition) is 12. The van der Waals surface area contributed by atoms with Crippen molar-refractivity contribution in [1.29, 1.82) is 0 Å². The highest BCUT2D eigenvalue weighted by Gasteiger charge is 2.49. The maximum Gasteiger partial charge on any atom is 0.335 e. The van der Waals surface area contributed by atoms with Crippen LogP contribution in [0.3, 0.4) is 0 Å². The second kappa shape index (κ2) is 8.63. The number of phenols is 5. The molecule has 13 nitrogen and oxygen atoms in total. The van der Waals surface area contributed by atoms with Crippen LogP contribution < -0.4 is 0 Å². The molecule has 2 aliphatic rings. The lowest BCUT2D eigenvalue weighted by Gasteiger charge is -2.39. The highest BCUT2D eigenvalue weighted by molar-refractivity contribution is 6.17. The van der Waals surface area contributed by atoms with Crippen LogP contribution in [-0.4, -0.2) is 88.4 Å². The lowest BCUT2D eigenvalue weighted by molar-refractivity contribution is -0.283. The summed E-state index contributed by atoms with van der Waals surface area (Å²) in [4.78, 5) is 24.8. The molecular formula is C22H20O13. The molecular weight excluding hydrogens is 472 g/mol. The Morgan fingerprint density at radius 3 is 2.20 bits per heavy atom. The highest BCUT2D eigenvalue weighted by atomic mass is 16.7. The van der Waals surface area contributed by atoms with E-state index < -0.39 is 82.5 Å². The van der Waals surface area contributed by atoms with Crippen LogP contribution >= 0.6 is 0 Å². The number of benzene rings is 2. The van der Waals surface area contributed by atoms with Crippen LogP contribution in [0.5, 0.6) is 28.7 Å². The molecule has 0 bridgehead atoms. The topological polar surface area (TPSA) is 235 Å². The van der Waals surface area contributed by atoms with Gasteiger partial charge in [0.05, 0.1) is 5.56 Å². The minimum atomic E-state index is -2.03. The number of carbonyl (C=O) groups excluding carboxylic acids is 1. The zero-order chi connectivity index (χ0) is 25.8. The van der Waals surface area contributed by atoms with Crippen LogP contribution in [0.15, 0.2) is 30.0 Å². The third-order valence-corrected chi connectivity index (χ3v) is 5.79. The number of fused-ring (bicyclic) bond motifs is 1. The molecule has 13 heteroatoms. The number of Topliss-reactive ketones (excluding diaryl/α,β-unsaturated/α-hetero) is 1. The molecule has 5 atom stereocenters. The van der Waals surface area contributed by atoms with E-state index in [1.165, 1.54) is 6.07 Å². The van der Waals surface area contributed by atoms with Gasteiger partial charge < -0.3 is 55.4 Å². The molecule has 1 fully saturated rings. The van der Waals surface area contributed by atoms with Gasteiger partial charge in [0.2, 0.25) is 12.1 Å². The van der Waals surface area contributed by atoms with E-state index in [-0.39, 0.29) is 23.1 Å². The monoisotopic (exact) mass is 492 g/mol. The Bertz CT molecular complexity index is 1250. The summed E-state index contributed by atoms with van der Waals surface area (Å²) in [6.07, 6.45) is -10.5. The van der Waals surface area contributed by atoms with E-state index in [0.29, 0.717) is 6.07 Å². The minimum absolute atomic E-state index is 0.0669. The molecule has 4 rings (SSSR count). The summed E-state index contributed by atoms with van der Waals surface area (Å²) in [5.41, 5.74) is -0.687. The predicted octanol–water partition coefficient (Wildman–Crippen LogP) is -0.726. The number of ketones is 1. The van der Waals surface area contributed by atoms with Crippen molar-refractivity contribution in [3.8, 4) is 28.7 Å². The second-order valence-electron chi connectivity index (χ2n) is 7.99. The van der Waals surface area contributed by atoms with Gasteiger partial charge in [0, 0.05) is 23.6 Å². The maximum absolute atomic E-state index is 13.4. The van der Waals surface area contributed by atoms with Crippen LogP contribution in [0, 0.1) is 0 Å².